The fraction of sp³-hybridized carbons (Fsp3) is 0.900. The molecule has 0 saturated carbocycles. The minimum Gasteiger partial charge on any atom is -0.633 e. The van der Waals surface area contributed by atoms with E-state index in [-0.39, 0.29) is 22.1 Å². The zero-order valence-corrected chi connectivity index (χ0v) is 9.41. The van der Waals surface area contributed by atoms with Gasteiger partial charge in [0.1, 0.15) is 0 Å². The normalized spacial score (nSPS) is 41.8. The van der Waals surface area contributed by atoms with Crippen LogP contribution in [0.1, 0.15) is 27.2 Å². The van der Waals surface area contributed by atoms with Crippen molar-refractivity contribution >= 4 is 6.41 Å². The molecule has 1 aliphatic heterocycles. The number of hydrogen-bond acceptors (Lipinski definition) is 2. The van der Waals surface area contributed by atoms with Gasteiger partial charge in [-0.1, -0.05) is 6.92 Å². The SMILES string of the molecule is CC1C(NC=O)CC[N+](C)([O-])C1(C)C. The molecule has 1 heterocycles. The average molecular weight is 200 g/mol. The Morgan fingerprint density at radius 2 is 2.14 bits per heavy atom. The molecule has 1 aliphatic rings. The molecule has 1 saturated heterocycles. The molecule has 4 heteroatoms. The molecule has 0 aromatic rings. The highest BCUT2D eigenvalue weighted by Gasteiger charge is 2.46. The van der Waals surface area contributed by atoms with Crippen molar-refractivity contribution in [2.75, 3.05) is 13.6 Å². The summed E-state index contributed by atoms with van der Waals surface area (Å²) in [5.74, 6) is 0.198. The lowest BCUT2D eigenvalue weighted by molar-refractivity contribution is -0.920. The van der Waals surface area contributed by atoms with Gasteiger partial charge in [-0.15, -0.1) is 0 Å². The Labute approximate surface area is 85.4 Å². The van der Waals surface area contributed by atoms with Crippen LogP contribution in [0.5, 0.6) is 0 Å². The Morgan fingerprint density at radius 1 is 1.57 bits per heavy atom. The van der Waals surface area contributed by atoms with E-state index in [2.05, 4.69) is 5.32 Å². The number of nitrogens with zero attached hydrogens (tertiary/aromatic N) is 1. The quantitative estimate of drug-likeness (QED) is 0.408. The summed E-state index contributed by atoms with van der Waals surface area (Å²) in [4.78, 5) is 10.4. The van der Waals surface area contributed by atoms with E-state index < -0.39 is 0 Å². The number of carbonyl (C=O) groups is 1. The lowest BCUT2D eigenvalue weighted by atomic mass is 9.77. The van der Waals surface area contributed by atoms with Crippen LogP contribution in [-0.2, 0) is 4.79 Å². The molecule has 82 valence electrons. The first kappa shape index (κ1) is 11.5. The zero-order valence-electron chi connectivity index (χ0n) is 9.41. The Hall–Kier alpha value is -0.610. The molecule has 1 rings (SSSR count). The second-order valence-electron chi connectivity index (χ2n) is 4.95. The predicted octanol–water partition coefficient (Wildman–Crippen LogP) is 0.864. The number of carbonyl (C=O) groups excluding carboxylic acids is 1. The predicted molar refractivity (Wildman–Crippen MR) is 55.3 cm³/mol. The van der Waals surface area contributed by atoms with Crippen LogP contribution in [0.15, 0.2) is 0 Å². The number of piperidine rings is 1. The van der Waals surface area contributed by atoms with E-state index in [4.69, 9.17) is 0 Å². The first-order chi connectivity index (χ1) is 6.33. The first-order valence-corrected chi connectivity index (χ1v) is 5.09. The molecule has 0 aliphatic carbocycles. The summed E-state index contributed by atoms with van der Waals surface area (Å²) >= 11 is 0. The zero-order chi connectivity index (χ0) is 11.0. The third-order valence-corrected chi connectivity index (χ3v) is 4.09. The van der Waals surface area contributed by atoms with Crippen LogP contribution in [-0.4, -0.2) is 36.2 Å². The highest BCUT2D eigenvalue weighted by atomic mass is 16.5. The van der Waals surface area contributed by atoms with Gasteiger partial charge >= 0.3 is 0 Å². The van der Waals surface area contributed by atoms with E-state index in [9.17, 15) is 10.0 Å². The summed E-state index contributed by atoms with van der Waals surface area (Å²) < 4.78 is -0.217. The molecular formula is C10H20N2O2. The molecule has 0 spiro atoms. The van der Waals surface area contributed by atoms with Crippen LogP contribution < -0.4 is 5.32 Å². The largest absolute Gasteiger partial charge is 0.633 e. The van der Waals surface area contributed by atoms with Crippen LogP contribution in [0.2, 0.25) is 0 Å². The van der Waals surface area contributed by atoms with Gasteiger partial charge in [0, 0.05) is 18.4 Å². The van der Waals surface area contributed by atoms with Crippen molar-refractivity contribution in [1.29, 1.82) is 0 Å². The van der Waals surface area contributed by atoms with E-state index in [1.807, 2.05) is 20.8 Å². The maximum atomic E-state index is 12.2. The molecule has 1 N–H and O–H groups in total. The van der Waals surface area contributed by atoms with Gasteiger partial charge < -0.3 is 15.2 Å². The number of hydrogen-bond donors (Lipinski definition) is 1. The standard InChI is InChI=1S/C10H20N2O2/c1-8-9(11-7-13)5-6-12(4,14)10(8,2)3/h7-9H,5-6H2,1-4H3,(H,11,13). The van der Waals surface area contributed by atoms with E-state index in [0.717, 1.165) is 12.8 Å². The molecule has 1 fully saturated rings. The topological polar surface area (TPSA) is 52.2 Å². The molecule has 0 radical (unpaired) electrons. The number of quaternary nitrogens is 1. The van der Waals surface area contributed by atoms with Crippen molar-refractivity contribution in [1.82, 2.24) is 5.32 Å². The van der Waals surface area contributed by atoms with Gasteiger partial charge in [0.25, 0.3) is 0 Å². The smallest absolute Gasteiger partial charge is 0.207 e. The molecule has 3 atom stereocenters. The summed E-state index contributed by atoms with van der Waals surface area (Å²) in [6.07, 6.45) is 1.50. The summed E-state index contributed by atoms with van der Waals surface area (Å²) in [6, 6.07) is 0.141. The van der Waals surface area contributed by atoms with Gasteiger partial charge in [-0.2, -0.15) is 0 Å². The lowest BCUT2D eigenvalue weighted by Crippen LogP contribution is -2.66. The fourth-order valence-corrected chi connectivity index (χ4v) is 2.16. The number of hydroxylamine groups is 3. The van der Waals surface area contributed by atoms with Crippen LogP contribution in [0.25, 0.3) is 0 Å². The number of nitrogens with one attached hydrogen (secondary N) is 1. The first-order valence-electron chi connectivity index (χ1n) is 5.09. The molecule has 3 unspecified atom stereocenters. The third-order valence-electron chi connectivity index (χ3n) is 4.09. The monoisotopic (exact) mass is 200 g/mol. The minimum atomic E-state index is -0.334. The number of amides is 1. The van der Waals surface area contributed by atoms with Crippen molar-refractivity contribution in [2.24, 2.45) is 5.92 Å². The molecular weight excluding hydrogens is 180 g/mol. The highest BCUT2D eigenvalue weighted by molar-refractivity contribution is 5.46. The van der Waals surface area contributed by atoms with Crippen molar-refractivity contribution in [3.63, 3.8) is 0 Å². The minimum absolute atomic E-state index is 0.141. The van der Waals surface area contributed by atoms with Crippen LogP contribution >= 0.6 is 0 Å². The summed E-state index contributed by atoms with van der Waals surface area (Å²) in [5.41, 5.74) is -0.334. The summed E-state index contributed by atoms with van der Waals surface area (Å²) in [6.45, 7) is 6.56. The molecule has 1 amide bonds. The van der Waals surface area contributed by atoms with E-state index in [1.54, 1.807) is 7.05 Å². The second kappa shape index (κ2) is 3.51. The lowest BCUT2D eigenvalue weighted by Gasteiger charge is -2.59. The third kappa shape index (κ3) is 1.64. The fourth-order valence-electron chi connectivity index (χ4n) is 2.16. The van der Waals surface area contributed by atoms with Gasteiger partial charge in [0.2, 0.25) is 6.41 Å². The highest BCUT2D eigenvalue weighted by Crippen LogP contribution is 2.37. The Kier molecular flexibility index (Phi) is 2.88. The van der Waals surface area contributed by atoms with Gasteiger partial charge in [0.05, 0.1) is 19.1 Å². The van der Waals surface area contributed by atoms with E-state index in [1.165, 1.54) is 0 Å². The van der Waals surface area contributed by atoms with E-state index >= 15 is 0 Å². The van der Waals surface area contributed by atoms with Crippen LogP contribution in [0, 0.1) is 11.1 Å². The Bertz CT molecular complexity index is 226. The number of rotatable bonds is 2. The Morgan fingerprint density at radius 3 is 2.64 bits per heavy atom. The van der Waals surface area contributed by atoms with Gasteiger partial charge in [-0.3, -0.25) is 4.79 Å². The van der Waals surface area contributed by atoms with Crippen molar-refractivity contribution in [2.45, 2.75) is 38.8 Å². The summed E-state index contributed by atoms with van der Waals surface area (Å²) in [7, 11) is 1.72. The molecule has 4 nitrogen and oxygen atoms in total. The van der Waals surface area contributed by atoms with Gasteiger partial charge in [-0.25, -0.2) is 0 Å². The van der Waals surface area contributed by atoms with Crippen molar-refractivity contribution < 1.29 is 9.44 Å². The van der Waals surface area contributed by atoms with E-state index in [0.29, 0.717) is 6.54 Å². The molecule has 14 heavy (non-hydrogen) atoms. The molecule has 0 bridgehead atoms. The Balaban J connectivity index is 2.83. The van der Waals surface area contributed by atoms with Gasteiger partial charge in [0.15, 0.2) is 0 Å². The van der Waals surface area contributed by atoms with Gasteiger partial charge in [-0.05, 0) is 13.8 Å². The molecule has 0 aromatic heterocycles. The maximum absolute atomic E-state index is 12.2. The van der Waals surface area contributed by atoms with Crippen LogP contribution in [0.4, 0.5) is 0 Å². The second-order valence-corrected chi connectivity index (χ2v) is 4.95. The average Bonchev–Trinajstić information content (AvgIpc) is 2.08. The number of likely N-dealkylation sites (tertiary alicyclic amines) is 1. The summed E-state index contributed by atoms with van der Waals surface area (Å²) in [5, 5.41) is 15.0. The van der Waals surface area contributed by atoms with Crippen LogP contribution in [0.3, 0.4) is 0 Å². The van der Waals surface area contributed by atoms with Crippen molar-refractivity contribution in [3.8, 4) is 0 Å². The molecule has 0 aromatic carbocycles. The maximum Gasteiger partial charge on any atom is 0.207 e. The van der Waals surface area contributed by atoms with Crippen molar-refractivity contribution in [3.05, 3.63) is 5.21 Å².